The molecule has 1 atom stereocenters. The van der Waals surface area contributed by atoms with Gasteiger partial charge in [-0.1, -0.05) is 11.6 Å². The van der Waals surface area contributed by atoms with E-state index in [-0.39, 0.29) is 11.9 Å². The average molecular weight is 396 g/mol. The lowest BCUT2D eigenvalue weighted by Gasteiger charge is -2.39. The molecule has 0 spiro atoms. The van der Waals surface area contributed by atoms with E-state index in [1.807, 2.05) is 20.9 Å². The highest BCUT2D eigenvalue weighted by Gasteiger charge is 2.42. The number of amides is 1. The molecular formula is C19H20N6O2S. The molecule has 2 saturated heterocycles. The Morgan fingerprint density at radius 2 is 2.11 bits per heavy atom. The van der Waals surface area contributed by atoms with Crippen LogP contribution in [-0.2, 0) is 6.54 Å². The van der Waals surface area contributed by atoms with Crippen LogP contribution in [0.3, 0.4) is 0 Å². The molecule has 0 bridgehead atoms. The van der Waals surface area contributed by atoms with E-state index in [4.69, 9.17) is 4.52 Å². The highest BCUT2D eigenvalue weighted by Crippen LogP contribution is 2.44. The first kappa shape index (κ1) is 16.4. The molecule has 0 aromatic carbocycles. The highest BCUT2D eigenvalue weighted by molar-refractivity contribution is 7.12. The predicted molar refractivity (Wildman–Crippen MR) is 102 cm³/mol. The van der Waals surface area contributed by atoms with Crippen LogP contribution in [0.5, 0.6) is 0 Å². The SMILES string of the molecule is O=C1c2sccc2-n2cnc(-c3noc(CN4CCCCC4)n3)c2[C@@H]2CCN12. The van der Waals surface area contributed by atoms with Gasteiger partial charge in [0.05, 0.1) is 24.0 Å². The minimum absolute atomic E-state index is 0.0219. The molecule has 0 unspecified atom stereocenters. The van der Waals surface area contributed by atoms with Crippen LogP contribution in [0.25, 0.3) is 17.2 Å². The maximum atomic E-state index is 12.8. The molecule has 0 radical (unpaired) electrons. The van der Waals surface area contributed by atoms with Crippen LogP contribution >= 0.6 is 11.3 Å². The Balaban J connectivity index is 1.38. The van der Waals surface area contributed by atoms with Crippen molar-refractivity contribution in [2.45, 2.75) is 38.3 Å². The second-order valence-electron chi connectivity index (χ2n) is 7.63. The van der Waals surface area contributed by atoms with Crippen molar-refractivity contribution in [2.24, 2.45) is 0 Å². The molecule has 28 heavy (non-hydrogen) atoms. The van der Waals surface area contributed by atoms with E-state index in [1.165, 1.54) is 30.6 Å². The summed E-state index contributed by atoms with van der Waals surface area (Å²) < 4.78 is 7.57. The normalized spacial score (nSPS) is 21.6. The fraction of sp³-hybridized carbons (Fsp3) is 0.474. The first-order valence-corrected chi connectivity index (χ1v) is 10.7. The van der Waals surface area contributed by atoms with Crippen LogP contribution < -0.4 is 0 Å². The summed E-state index contributed by atoms with van der Waals surface area (Å²) in [7, 11) is 0. The van der Waals surface area contributed by atoms with Crippen LogP contribution in [0.1, 0.15) is 53.0 Å². The van der Waals surface area contributed by atoms with Crippen LogP contribution in [-0.4, -0.2) is 55.0 Å². The molecule has 0 saturated carbocycles. The lowest BCUT2D eigenvalue weighted by Crippen LogP contribution is -2.44. The number of carbonyl (C=O) groups excluding carboxylic acids is 1. The lowest BCUT2D eigenvalue weighted by atomic mass is 9.98. The van der Waals surface area contributed by atoms with E-state index in [2.05, 4.69) is 20.0 Å². The Hall–Kier alpha value is -2.52. The topological polar surface area (TPSA) is 80.3 Å². The molecule has 0 aliphatic carbocycles. The number of piperidine rings is 1. The molecule has 9 heteroatoms. The number of hydrogen-bond acceptors (Lipinski definition) is 7. The zero-order valence-corrected chi connectivity index (χ0v) is 16.2. The molecule has 8 nitrogen and oxygen atoms in total. The summed E-state index contributed by atoms with van der Waals surface area (Å²) in [5, 5.41) is 6.18. The Bertz CT molecular complexity index is 1050. The summed E-state index contributed by atoms with van der Waals surface area (Å²) in [4.78, 5) is 27.2. The van der Waals surface area contributed by atoms with Crippen molar-refractivity contribution < 1.29 is 9.32 Å². The minimum atomic E-state index is 0.0219. The van der Waals surface area contributed by atoms with Gasteiger partial charge in [0.25, 0.3) is 5.91 Å². The second kappa shape index (κ2) is 6.25. The van der Waals surface area contributed by atoms with E-state index in [1.54, 1.807) is 6.33 Å². The molecule has 144 valence electrons. The van der Waals surface area contributed by atoms with Crippen LogP contribution in [0.2, 0.25) is 0 Å². The van der Waals surface area contributed by atoms with Gasteiger partial charge in [-0.05, 0) is 43.8 Å². The number of rotatable bonds is 3. The van der Waals surface area contributed by atoms with E-state index >= 15 is 0 Å². The number of nitrogens with zero attached hydrogens (tertiary/aromatic N) is 6. The fourth-order valence-corrected chi connectivity index (χ4v) is 5.30. The molecule has 3 aliphatic rings. The fourth-order valence-electron chi connectivity index (χ4n) is 4.46. The summed E-state index contributed by atoms with van der Waals surface area (Å²) in [6.45, 7) is 3.62. The van der Waals surface area contributed by atoms with Gasteiger partial charge in [-0.3, -0.25) is 14.3 Å². The predicted octanol–water partition coefficient (Wildman–Crippen LogP) is 2.87. The van der Waals surface area contributed by atoms with Gasteiger partial charge in [-0.2, -0.15) is 4.98 Å². The molecule has 1 amide bonds. The van der Waals surface area contributed by atoms with Crippen molar-refractivity contribution in [3.05, 3.63) is 34.2 Å². The quantitative estimate of drug-likeness (QED) is 0.677. The number of likely N-dealkylation sites (tertiary alicyclic amines) is 1. The first-order valence-electron chi connectivity index (χ1n) is 9.81. The summed E-state index contributed by atoms with van der Waals surface area (Å²) >= 11 is 1.48. The average Bonchev–Trinajstić information content (AvgIpc) is 3.39. The van der Waals surface area contributed by atoms with Crippen molar-refractivity contribution in [1.29, 1.82) is 0 Å². The Labute approximate surface area is 165 Å². The smallest absolute Gasteiger partial charge is 0.266 e. The molecule has 6 rings (SSSR count). The Morgan fingerprint density at radius 1 is 1.21 bits per heavy atom. The summed E-state index contributed by atoms with van der Waals surface area (Å²) in [5.74, 6) is 1.25. The highest BCUT2D eigenvalue weighted by atomic mass is 32.1. The largest absolute Gasteiger partial charge is 0.337 e. The van der Waals surface area contributed by atoms with Crippen molar-refractivity contribution in [1.82, 2.24) is 29.5 Å². The lowest BCUT2D eigenvalue weighted by molar-refractivity contribution is 0.0466. The van der Waals surface area contributed by atoms with E-state index in [0.717, 1.165) is 48.0 Å². The number of aromatic nitrogens is 4. The monoisotopic (exact) mass is 396 g/mol. The van der Waals surface area contributed by atoms with Gasteiger partial charge in [-0.25, -0.2) is 4.98 Å². The number of fused-ring (bicyclic) bond motifs is 5. The van der Waals surface area contributed by atoms with E-state index < -0.39 is 0 Å². The van der Waals surface area contributed by atoms with Crippen LogP contribution in [0, 0.1) is 0 Å². The van der Waals surface area contributed by atoms with Gasteiger partial charge in [0.2, 0.25) is 11.7 Å². The van der Waals surface area contributed by atoms with Gasteiger partial charge < -0.3 is 9.42 Å². The standard InChI is InChI=1S/C19H20N6O2S/c26-19-17-13(5-9-28-17)25-11-20-15(16(25)12-4-8-24(12)19)18-21-14(27-22-18)10-23-6-2-1-3-7-23/h5,9,11-12H,1-4,6-8,10H2/t12-/m0/s1. The molecule has 0 N–H and O–H groups in total. The van der Waals surface area contributed by atoms with Gasteiger partial charge in [0, 0.05) is 6.54 Å². The van der Waals surface area contributed by atoms with Gasteiger partial charge >= 0.3 is 0 Å². The summed E-state index contributed by atoms with van der Waals surface area (Å²) in [6.07, 6.45) is 6.46. The van der Waals surface area contributed by atoms with E-state index in [9.17, 15) is 4.79 Å². The minimum Gasteiger partial charge on any atom is -0.337 e. The second-order valence-corrected chi connectivity index (χ2v) is 8.55. The zero-order valence-electron chi connectivity index (χ0n) is 15.4. The number of hydrogen-bond donors (Lipinski definition) is 0. The molecular weight excluding hydrogens is 376 g/mol. The number of carbonyl (C=O) groups is 1. The molecule has 3 aromatic rings. The van der Waals surface area contributed by atoms with Crippen molar-refractivity contribution in [3.8, 4) is 17.2 Å². The third-order valence-corrected chi connectivity index (χ3v) is 6.88. The zero-order chi connectivity index (χ0) is 18.7. The van der Waals surface area contributed by atoms with Crippen LogP contribution in [0.15, 0.2) is 22.3 Å². The summed E-state index contributed by atoms with van der Waals surface area (Å²) in [5.41, 5.74) is 2.60. The van der Waals surface area contributed by atoms with Gasteiger partial charge in [-0.15, -0.1) is 11.3 Å². The maximum absolute atomic E-state index is 12.8. The van der Waals surface area contributed by atoms with Crippen molar-refractivity contribution in [3.63, 3.8) is 0 Å². The van der Waals surface area contributed by atoms with Crippen LogP contribution in [0.4, 0.5) is 0 Å². The number of thiophene rings is 1. The molecule has 3 aliphatic heterocycles. The maximum Gasteiger partial charge on any atom is 0.266 e. The van der Waals surface area contributed by atoms with Crippen molar-refractivity contribution in [2.75, 3.05) is 19.6 Å². The number of imidazole rings is 1. The first-order chi connectivity index (χ1) is 13.8. The third kappa shape index (κ3) is 2.39. The molecule has 6 heterocycles. The van der Waals surface area contributed by atoms with Gasteiger partial charge in [0.15, 0.2) is 0 Å². The summed E-state index contributed by atoms with van der Waals surface area (Å²) in [6, 6.07) is 2.00. The van der Waals surface area contributed by atoms with E-state index in [0.29, 0.717) is 18.3 Å². The molecule has 2 fully saturated rings. The molecule has 3 aromatic heterocycles. The van der Waals surface area contributed by atoms with Gasteiger partial charge in [0.1, 0.15) is 16.9 Å². The Morgan fingerprint density at radius 3 is 2.93 bits per heavy atom. The van der Waals surface area contributed by atoms with Crippen molar-refractivity contribution >= 4 is 17.2 Å². The third-order valence-electron chi connectivity index (χ3n) is 5.99. The Kier molecular flexibility index (Phi) is 3.67.